The van der Waals surface area contributed by atoms with Crippen LogP contribution in [0, 0.1) is 13.8 Å². The third-order valence-electron chi connectivity index (χ3n) is 4.96. The molecule has 0 saturated carbocycles. The van der Waals surface area contributed by atoms with Crippen molar-refractivity contribution in [3.63, 3.8) is 0 Å². The van der Waals surface area contributed by atoms with Crippen molar-refractivity contribution >= 4 is 29.4 Å². The fraction of sp³-hybridized carbons (Fsp3) is 0.200. The zero-order chi connectivity index (χ0) is 23.3. The predicted octanol–water partition coefficient (Wildman–Crippen LogP) is 4.28. The van der Waals surface area contributed by atoms with Crippen LogP contribution in [0.15, 0.2) is 60.7 Å². The Hall–Kier alpha value is -4.00. The number of hydrogen-bond donors (Lipinski definition) is 1. The number of hydrogen-bond acceptors (Lipinski definition) is 5. The van der Waals surface area contributed by atoms with Gasteiger partial charge in [-0.1, -0.05) is 18.2 Å². The van der Waals surface area contributed by atoms with Crippen LogP contribution in [-0.2, 0) is 14.3 Å². The van der Waals surface area contributed by atoms with Crippen molar-refractivity contribution in [3.8, 4) is 5.69 Å². The van der Waals surface area contributed by atoms with Crippen LogP contribution in [0.2, 0.25) is 0 Å². The number of carbonyl (C=O) groups is 3. The minimum absolute atomic E-state index is 0.0586. The van der Waals surface area contributed by atoms with Crippen molar-refractivity contribution < 1.29 is 19.1 Å². The number of aryl methyl sites for hydroxylation is 1. The van der Waals surface area contributed by atoms with Crippen molar-refractivity contribution in [1.29, 1.82) is 0 Å². The first-order valence-corrected chi connectivity index (χ1v) is 10.2. The van der Waals surface area contributed by atoms with Crippen LogP contribution in [0.1, 0.15) is 41.2 Å². The fourth-order valence-corrected chi connectivity index (χ4v) is 3.17. The van der Waals surface area contributed by atoms with Crippen LogP contribution in [0.3, 0.4) is 0 Å². The first-order valence-electron chi connectivity index (χ1n) is 10.2. The summed E-state index contributed by atoms with van der Waals surface area (Å²) >= 11 is 0. The van der Waals surface area contributed by atoms with Gasteiger partial charge in [0.15, 0.2) is 11.9 Å². The van der Waals surface area contributed by atoms with E-state index >= 15 is 0 Å². The summed E-state index contributed by atoms with van der Waals surface area (Å²) in [5, 5.41) is 7.20. The van der Waals surface area contributed by atoms with Crippen LogP contribution < -0.4 is 5.32 Å². The smallest absolute Gasteiger partial charge is 0.331 e. The predicted molar refractivity (Wildman–Crippen MR) is 123 cm³/mol. The van der Waals surface area contributed by atoms with Gasteiger partial charge in [-0.3, -0.25) is 9.59 Å². The van der Waals surface area contributed by atoms with Gasteiger partial charge in [0.2, 0.25) is 0 Å². The molecule has 1 N–H and O–H groups in total. The quantitative estimate of drug-likeness (QED) is 0.343. The van der Waals surface area contributed by atoms with Gasteiger partial charge in [0, 0.05) is 28.6 Å². The number of esters is 1. The Morgan fingerprint density at radius 1 is 1.03 bits per heavy atom. The zero-order valence-electron chi connectivity index (χ0n) is 18.5. The molecule has 0 saturated heterocycles. The molecule has 0 bridgehead atoms. The number of Topliss-reactive ketones (excluding diaryl/α,β-unsaturated/α-hetero) is 1. The molecular formula is C25H25N3O4. The van der Waals surface area contributed by atoms with E-state index in [2.05, 4.69) is 10.4 Å². The lowest BCUT2D eigenvalue weighted by Crippen LogP contribution is -2.29. The molecule has 1 unspecified atom stereocenters. The Morgan fingerprint density at radius 2 is 1.69 bits per heavy atom. The van der Waals surface area contributed by atoms with Gasteiger partial charge in [-0.2, -0.15) is 5.10 Å². The maximum absolute atomic E-state index is 12.3. The van der Waals surface area contributed by atoms with Crippen molar-refractivity contribution in [2.24, 2.45) is 0 Å². The van der Waals surface area contributed by atoms with Gasteiger partial charge in [-0.25, -0.2) is 9.48 Å². The van der Waals surface area contributed by atoms with E-state index in [1.165, 1.54) is 19.9 Å². The van der Waals surface area contributed by atoms with Crippen molar-refractivity contribution in [3.05, 3.63) is 83.2 Å². The van der Waals surface area contributed by atoms with Crippen molar-refractivity contribution in [2.75, 3.05) is 5.32 Å². The molecule has 1 heterocycles. The van der Waals surface area contributed by atoms with Crippen LogP contribution in [0.4, 0.5) is 5.69 Å². The molecular weight excluding hydrogens is 406 g/mol. The summed E-state index contributed by atoms with van der Waals surface area (Å²) in [6, 6.07) is 16.2. The van der Waals surface area contributed by atoms with Crippen molar-refractivity contribution in [1.82, 2.24) is 9.78 Å². The number of para-hydroxylation sites is 1. The van der Waals surface area contributed by atoms with Gasteiger partial charge in [0.1, 0.15) is 0 Å². The molecule has 2 aromatic carbocycles. The normalized spacial score (nSPS) is 11.9. The first-order chi connectivity index (χ1) is 15.3. The Bertz CT molecular complexity index is 1160. The van der Waals surface area contributed by atoms with E-state index in [4.69, 9.17) is 4.74 Å². The molecule has 0 spiro atoms. The lowest BCUT2D eigenvalue weighted by atomic mass is 10.1. The number of nitrogens with one attached hydrogen (secondary N) is 1. The Morgan fingerprint density at radius 3 is 2.31 bits per heavy atom. The van der Waals surface area contributed by atoms with Crippen LogP contribution in [0.25, 0.3) is 11.8 Å². The number of benzene rings is 2. The van der Waals surface area contributed by atoms with Gasteiger partial charge in [0.05, 0.1) is 11.4 Å². The molecule has 1 atom stereocenters. The molecule has 3 rings (SSSR count). The van der Waals surface area contributed by atoms with E-state index in [9.17, 15) is 14.4 Å². The van der Waals surface area contributed by atoms with Crippen LogP contribution in [0.5, 0.6) is 0 Å². The highest BCUT2D eigenvalue weighted by atomic mass is 16.5. The number of aromatic nitrogens is 2. The summed E-state index contributed by atoms with van der Waals surface area (Å²) in [4.78, 5) is 35.9. The Balaban J connectivity index is 1.62. The number of carbonyl (C=O) groups excluding carboxylic acids is 3. The minimum atomic E-state index is -0.992. The summed E-state index contributed by atoms with van der Waals surface area (Å²) in [5.74, 6) is -1.16. The largest absolute Gasteiger partial charge is 0.449 e. The second-order valence-electron chi connectivity index (χ2n) is 7.37. The number of ketones is 1. The highest BCUT2D eigenvalue weighted by Crippen LogP contribution is 2.19. The molecule has 0 aliphatic rings. The lowest BCUT2D eigenvalue weighted by molar-refractivity contribution is -0.148. The van der Waals surface area contributed by atoms with E-state index in [-0.39, 0.29) is 5.78 Å². The number of ether oxygens (including phenoxy) is 1. The van der Waals surface area contributed by atoms with Gasteiger partial charge in [-0.15, -0.1) is 0 Å². The number of amides is 1. The highest BCUT2D eigenvalue weighted by Gasteiger charge is 2.17. The molecule has 164 valence electrons. The monoisotopic (exact) mass is 431 g/mol. The maximum Gasteiger partial charge on any atom is 0.331 e. The second-order valence-corrected chi connectivity index (χ2v) is 7.37. The molecule has 3 aromatic rings. The molecule has 1 aromatic heterocycles. The van der Waals surface area contributed by atoms with E-state index in [1.807, 2.05) is 48.9 Å². The maximum atomic E-state index is 12.3. The molecule has 0 radical (unpaired) electrons. The summed E-state index contributed by atoms with van der Waals surface area (Å²) in [7, 11) is 0. The van der Waals surface area contributed by atoms with E-state index in [1.54, 1.807) is 30.3 Å². The van der Waals surface area contributed by atoms with E-state index in [0.717, 1.165) is 22.6 Å². The van der Waals surface area contributed by atoms with Gasteiger partial charge >= 0.3 is 5.97 Å². The zero-order valence-corrected chi connectivity index (χ0v) is 18.5. The standard InChI is InChI=1S/C25H25N3O4/c1-16-23(17(2)28(27-16)22-8-6-5-7-9-22)14-15-24(30)32-19(4)25(31)26-21-12-10-20(11-13-21)18(3)29/h5-15,19H,1-4H3,(H,26,31). The highest BCUT2D eigenvalue weighted by molar-refractivity contribution is 5.98. The summed E-state index contributed by atoms with van der Waals surface area (Å²) in [6.07, 6.45) is 1.94. The average molecular weight is 431 g/mol. The van der Waals surface area contributed by atoms with Gasteiger partial charge < -0.3 is 10.1 Å². The third kappa shape index (κ3) is 5.37. The van der Waals surface area contributed by atoms with E-state index < -0.39 is 18.0 Å². The Kier molecular flexibility index (Phi) is 7.00. The number of rotatable bonds is 7. The van der Waals surface area contributed by atoms with Gasteiger partial charge in [0.25, 0.3) is 5.91 Å². The summed E-state index contributed by atoms with van der Waals surface area (Å²) < 4.78 is 7.03. The SMILES string of the molecule is CC(=O)c1ccc(NC(=O)C(C)OC(=O)C=Cc2c(C)nn(-c3ccccc3)c2C)cc1. The topological polar surface area (TPSA) is 90.3 Å². The molecule has 0 aliphatic heterocycles. The molecule has 32 heavy (non-hydrogen) atoms. The summed E-state index contributed by atoms with van der Waals surface area (Å²) in [6.45, 7) is 6.75. The first kappa shape index (κ1) is 22.7. The fourth-order valence-electron chi connectivity index (χ4n) is 3.17. The molecule has 1 amide bonds. The third-order valence-corrected chi connectivity index (χ3v) is 4.96. The molecule has 0 aliphatic carbocycles. The second kappa shape index (κ2) is 9.87. The lowest BCUT2D eigenvalue weighted by Gasteiger charge is -2.12. The van der Waals surface area contributed by atoms with Crippen LogP contribution >= 0.6 is 0 Å². The molecule has 7 heteroatoms. The van der Waals surface area contributed by atoms with Crippen LogP contribution in [-0.4, -0.2) is 33.5 Å². The minimum Gasteiger partial charge on any atom is -0.449 e. The average Bonchev–Trinajstić information content (AvgIpc) is 3.06. The molecule has 7 nitrogen and oxygen atoms in total. The van der Waals surface area contributed by atoms with Crippen molar-refractivity contribution in [2.45, 2.75) is 33.8 Å². The molecule has 0 fully saturated rings. The number of nitrogens with zero attached hydrogens (tertiary/aromatic N) is 2. The van der Waals surface area contributed by atoms with E-state index in [0.29, 0.717) is 11.3 Å². The Labute approximate surface area is 186 Å². The summed E-state index contributed by atoms with van der Waals surface area (Å²) in [5.41, 5.74) is 4.46. The van der Waals surface area contributed by atoms with Gasteiger partial charge in [-0.05, 0) is 70.2 Å². The number of anilines is 1.